The summed E-state index contributed by atoms with van der Waals surface area (Å²) in [6.45, 7) is 2.56. The topological polar surface area (TPSA) is 98.8 Å². The average molecular weight is 410 g/mol. The van der Waals surface area contributed by atoms with Crippen molar-refractivity contribution in [2.45, 2.75) is 19.4 Å². The van der Waals surface area contributed by atoms with Crippen molar-refractivity contribution < 1.29 is 27.4 Å². The number of alkyl halides is 2. The Labute approximate surface area is 165 Å². The molecule has 1 atom stereocenters. The number of aliphatic imine (C=N–C) groups is 1. The van der Waals surface area contributed by atoms with E-state index in [0.717, 1.165) is 0 Å². The van der Waals surface area contributed by atoms with Crippen LogP contribution < -0.4 is 15.8 Å². The molecule has 0 saturated carbocycles. The zero-order valence-corrected chi connectivity index (χ0v) is 15.6. The molecule has 1 aromatic carbocycles. The summed E-state index contributed by atoms with van der Waals surface area (Å²) in [4.78, 5) is 19.4. The summed E-state index contributed by atoms with van der Waals surface area (Å²) >= 11 is 0. The number of amidine groups is 1. The molecule has 0 saturated heterocycles. The Bertz CT molecular complexity index is 814. The van der Waals surface area contributed by atoms with Crippen LogP contribution >= 0.6 is 0 Å². The number of benzene rings is 1. The minimum atomic E-state index is -2.47. The van der Waals surface area contributed by atoms with Crippen LogP contribution in [0.4, 0.5) is 18.9 Å². The molecule has 3 N–H and O–H groups in total. The summed E-state index contributed by atoms with van der Waals surface area (Å²) in [6, 6.07) is 7.72. The number of nitrogens with zero attached hydrogens (tertiary/aromatic N) is 2. The number of carbonyl (C=O) groups excluding carboxylic acids is 1. The van der Waals surface area contributed by atoms with Crippen molar-refractivity contribution in [3.63, 3.8) is 0 Å². The van der Waals surface area contributed by atoms with Crippen LogP contribution in [0, 0.1) is 5.82 Å². The highest BCUT2D eigenvalue weighted by Crippen LogP contribution is 2.12. The highest BCUT2D eigenvalue weighted by atomic mass is 19.3. The van der Waals surface area contributed by atoms with Crippen molar-refractivity contribution in [2.75, 3.05) is 25.1 Å². The number of amides is 1. The zero-order chi connectivity index (χ0) is 21.2. The second-order valence-corrected chi connectivity index (χ2v) is 5.81. The first-order valence-corrected chi connectivity index (χ1v) is 8.72. The molecule has 0 aliphatic carbocycles. The third kappa shape index (κ3) is 7.41. The highest BCUT2D eigenvalue weighted by molar-refractivity contribution is 6.02. The van der Waals surface area contributed by atoms with E-state index in [1.54, 1.807) is 12.1 Å². The third-order valence-electron chi connectivity index (χ3n) is 3.54. The molecule has 1 aliphatic rings. The number of carbonyl (C=O) groups is 1. The first-order chi connectivity index (χ1) is 13.9. The van der Waals surface area contributed by atoms with Crippen LogP contribution in [0.15, 0.2) is 47.6 Å². The van der Waals surface area contributed by atoms with E-state index in [-0.39, 0.29) is 36.5 Å². The summed E-state index contributed by atoms with van der Waals surface area (Å²) in [5, 5.41) is 2.63. The van der Waals surface area contributed by atoms with Crippen LogP contribution in [0.3, 0.4) is 0 Å². The maximum atomic E-state index is 12.7. The van der Waals surface area contributed by atoms with Crippen molar-refractivity contribution in [3.05, 3.63) is 54.1 Å². The molecule has 1 aromatic heterocycles. The average Bonchev–Trinajstić information content (AvgIpc) is 2.71. The fraction of sp³-hybridized carbons (Fsp3) is 0.316. The Morgan fingerprint density at radius 2 is 2.03 bits per heavy atom. The van der Waals surface area contributed by atoms with Crippen molar-refractivity contribution >= 4 is 17.4 Å². The maximum Gasteiger partial charge on any atom is 0.274 e. The Balaban J connectivity index is 0.000000253. The van der Waals surface area contributed by atoms with Gasteiger partial charge in [0.05, 0.1) is 19.4 Å². The Morgan fingerprint density at radius 1 is 1.31 bits per heavy atom. The van der Waals surface area contributed by atoms with Gasteiger partial charge in [-0.15, -0.1) is 0 Å². The number of ether oxygens (including phenoxy) is 2. The molecule has 29 heavy (non-hydrogen) atoms. The smallest absolute Gasteiger partial charge is 0.274 e. The number of nitrogens with two attached hydrogens (primary N) is 1. The van der Waals surface area contributed by atoms with Gasteiger partial charge in [-0.3, -0.25) is 9.79 Å². The normalized spacial score (nSPS) is 15.8. The quantitative estimate of drug-likeness (QED) is 0.790. The number of nitrogens with one attached hydrogen (secondary N) is 1. The van der Waals surface area contributed by atoms with E-state index in [1.165, 1.54) is 30.5 Å². The van der Waals surface area contributed by atoms with Crippen LogP contribution in [-0.4, -0.2) is 49.0 Å². The number of anilines is 1. The molecular weight excluding hydrogens is 389 g/mol. The second-order valence-electron chi connectivity index (χ2n) is 5.81. The van der Waals surface area contributed by atoms with Crippen LogP contribution in [0.5, 0.6) is 5.75 Å². The highest BCUT2D eigenvalue weighted by Gasteiger charge is 2.22. The van der Waals surface area contributed by atoms with E-state index in [0.29, 0.717) is 18.0 Å². The molecule has 0 spiro atoms. The molecule has 0 radical (unpaired) electrons. The SMILES string of the molecule is CCOc1ccc(C(=O)Nc2ccc(F)cc2)nc1.NC1=NC(C(F)F)COC1. The number of aromatic nitrogens is 1. The predicted molar refractivity (Wildman–Crippen MR) is 102 cm³/mol. The minimum absolute atomic E-state index is 0.0294. The maximum absolute atomic E-state index is 12.7. The Kier molecular flexibility index (Phi) is 8.41. The van der Waals surface area contributed by atoms with Gasteiger partial charge in [0.1, 0.15) is 35.7 Å². The van der Waals surface area contributed by atoms with Crippen molar-refractivity contribution in [1.29, 1.82) is 0 Å². The van der Waals surface area contributed by atoms with E-state index in [4.69, 9.17) is 15.2 Å². The van der Waals surface area contributed by atoms with Gasteiger partial charge in [-0.25, -0.2) is 18.2 Å². The monoisotopic (exact) mass is 410 g/mol. The van der Waals surface area contributed by atoms with Gasteiger partial charge in [-0.05, 0) is 43.3 Å². The van der Waals surface area contributed by atoms with Gasteiger partial charge < -0.3 is 20.5 Å². The molecule has 7 nitrogen and oxygen atoms in total. The van der Waals surface area contributed by atoms with Crippen LogP contribution in [0.2, 0.25) is 0 Å². The number of pyridine rings is 1. The molecular formula is C19H21F3N4O3. The minimum Gasteiger partial charge on any atom is -0.492 e. The lowest BCUT2D eigenvalue weighted by Crippen LogP contribution is -2.34. The molecule has 156 valence electrons. The molecule has 3 rings (SSSR count). The molecule has 2 heterocycles. The van der Waals surface area contributed by atoms with Gasteiger partial charge in [0.25, 0.3) is 12.3 Å². The molecule has 10 heteroatoms. The van der Waals surface area contributed by atoms with E-state index in [9.17, 15) is 18.0 Å². The van der Waals surface area contributed by atoms with Crippen LogP contribution in [0.1, 0.15) is 17.4 Å². The number of rotatable bonds is 5. The standard InChI is InChI=1S/C14H13FN2O2.C5H8F2N2O/c1-2-19-12-7-8-13(16-9-12)14(18)17-11-5-3-10(15)4-6-11;6-5(7)3-1-10-2-4(8)9-3/h3-9H,2H2,1H3,(H,17,18);3,5H,1-2H2,(H2,8,9). The molecule has 0 fully saturated rings. The first-order valence-electron chi connectivity index (χ1n) is 8.72. The zero-order valence-electron chi connectivity index (χ0n) is 15.6. The van der Waals surface area contributed by atoms with Gasteiger partial charge in [0.2, 0.25) is 0 Å². The van der Waals surface area contributed by atoms with Gasteiger partial charge in [0, 0.05) is 5.69 Å². The lowest BCUT2D eigenvalue weighted by Gasteiger charge is -2.17. The Morgan fingerprint density at radius 3 is 2.55 bits per heavy atom. The first kappa shape index (κ1) is 22.2. The van der Waals surface area contributed by atoms with Crippen LogP contribution in [0.25, 0.3) is 0 Å². The van der Waals surface area contributed by atoms with E-state index >= 15 is 0 Å². The number of hydrogen-bond acceptors (Lipinski definition) is 6. The predicted octanol–water partition coefficient (Wildman–Crippen LogP) is 2.88. The van der Waals surface area contributed by atoms with E-state index < -0.39 is 12.5 Å². The van der Waals surface area contributed by atoms with Crippen LogP contribution in [-0.2, 0) is 4.74 Å². The summed E-state index contributed by atoms with van der Waals surface area (Å²) in [5.41, 5.74) is 5.94. The van der Waals surface area contributed by atoms with Crippen molar-refractivity contribution in [1.82, 2.24) is 4.98 Å². The van der Waals surface area contributed by atoms with Gasteiger partial charge in [-0.1, -0.05) is 0 Å². The molecule has 1 amide bonds. The molecule has 1 aliphatic heterocycles. The second kappa shape index (κ2) is 11.0. The lowest BCUT2D eigenvalue weighted by atomic mass is 10.3. The Hall–Kier alpha value is -3.14. The lowest BCUT2D eigenvalue weighted by molar-refractivity contribution is 0.0505. The van der Waals surface area contributed by atoms with Gasteiger partial charge in [-0.2, -0.15) is 0 Å². The van der Waals surface area contributed by atoms with E-state index in [1.807, 2.05) is 6.92 Å². The largest absolute Gasteiger partial charge is 0.492 e. The summed E-state index contributed by atoms with van der Waals surface area (Å²) in [5.74, 6) is 0.0595. The van der Waals surface area contributed by atoms with Gasteiger partial charge in [0.15, 0.2) is 0 Å². The number of hydrogen-bond donors (Lipinski definition) is 2. The van der Waals surface area contributed by atoms with Crippen molar-refractivity contribution in [2.24, 2.45) is 10.7 Å². The molecule has 1 unspecified atom stereocenters. The van der Waals surface area contributed by atoms with E-state index in [2.05, 4.69) is 15.3 Å². The molecule has 0 bridgehead atoms. The van der Waals surface area contributed by atoms with Gasteiger partial charge >= 0.3 is 0 Å². The van der Waals surface area contributed by atoms with Crippen molar-refractivity contribution in [3.8, 4) is 5.75 Å². The summed E-state index contributed by atoms with van der Waals surface area (Å²) in [7, 11) is 0. The number of halogens is 3. The third-order valence-corrected chi connectivity index (χ3v) is 3.54. The fourth-order valence-electron chi connectivity index (χ4n) is 2.20. The fourth-order valence-corrected chi connectivity index (χ4v) is 2.20. The summed E-state index contributed by atoms with van der Waals surface area (Å²) < 4.78 is 46.4. The molecule has 2 aromatic rings. The summed E-state index contributed by atoms with van der Waals surface area (Å²) in [6.07, 6.45) is -0.984.